The number of carboxylic acids is 1. The Kier molecular flexibility index (Phi) is 26.8. The molecule has 10 nitrogen and oxygen atoms in total. The van der Waals surface area contributed by atoms with Gasteiger partial charge in [0.15, 0.2) is 11.5 Å². The van der Waals surface area contributed by atoms with Gasteiger partial charge in [0.2, 0.25) is 0 Å². The monoisotopic (exact) mass is 1960 g/mol. The number of allylic oxidation sites excluding steroid dienone is 4. The molecule has 0 unspecified atom stereocenters. The molecule has 0 spiro atoms. The van der Waals surface area contributed by atoms with Crippen LogP contribution >= 0.6 is 98.4 Å². The van der Waals surface area contributed by atoms with Crippen LogP contribution in [0.2, 0.25) is 0 Å². The fourth-order valence-electron chi connectivity index (χ4n) is 23.7. The first-order valence-corrected chi connectivity index (χ1v) is 54.0. The number of hydrogen-bond acceptors (Lipinski definition) is 9. The predicted molar refractivity (Wildman–Crippen MR) is 417 cm³/mol. The smallest absolute Gasteiger partial charge is 0.157 e. The number of phenolic OH excluding ortho intramolecular Hbond substituents is 3. The Morgan fingerprint density at radius 3 is 1.41 bits per heavy atom. The van der Waals surface area contributed by atoms with Crippen LogP contribution in [0.4, 0.5) is 0 Å². The van der Waals surface area contributed by atoms with Gasteiger partial charge in [-0.2, -0.15) is 0 Å². The van der Waals surface area contributed by atoms with E-state index in [-0.39, 0.29) is 115 Å². The summed E-state index contributed by atoms with van der Waals surface area (Å²) in [5, 5.41) is 69.0. The van der Waals surface area contributed by atoms with Crippen molar-refractivity contribution in [2.24, 2.45) is 113 Å². The number of benzene rings is 2. The van der Waals surface area contributed by atoms with Crippen molar-refractivity contribution in [1.82, 2.24) is 0 Å². The molecule has 2 aromatic carbocycles. The predicted octanol–water partition coefficient (Wildman–Crippen LogP) is 17.7. The third kappa shape index (κ3) is 13.9. The largest absolute Gasteiger partial charge is 0.504 e. The van der Waals surface area contributed by atoms with Gasteiger partial charge in [-0.1, -0.05) is 138 Å². The van der Waals surface area contributed by atoms with Gasteiger partial charge in [-0.3, -0.25) is 9.59 Å². The van der Waals surface area contributed by atoms with Gasteiger partial charge < -0.3 is 40.5 Å². The topological polar surface area (TPSA) is 185 Å². The van der Waals surface area contributed by atoms with Gasteiger partial charge in [0, 0.05) is 50.3 Å². The summed E-state index contributed by atoms with van der Waals surface area (Å²) < 4.78 is 6.19. The van der Waals surface area contributed by atoms with Gasteiger partial charge in [0.1, 0.15) is 5.75 Å². The van der Waals surface area contributed by atoms with Crippen molar-refractivity contribution in [2.45, 2.75) is 244 Å². The number of aromatic hydroxyl groups is 3. The van der Waals surface area contributed by atoms with E-state index in [2.05, 4.69) is 184 Å². The van der Waals surface area contributed by atoms with Crippen molar-refractivity contribution in [2.75, 3.05) is 13.2 Å². The number of aliphatic carboxylic acids is 1. The number of ether oxygens (including phenoxy) is 1. The molecule has 93 heavy (non-hydrogen) atoms. The van der Waals surface area contributed by atoms with Crippen molar-refractivity contribution in [1.29, 1.82) is 0 Å². The average Bonchev–Trinajstić information content (AvgIpc) is 0.683. The Balaban J connectivity index is 0.000000216. The molecular formula is C77H117I6O10-. The molecule has 2 aromatic rings. The maximum absolute atomic E-state index is 14.3. The van der Waals surface area contributed by atoms with E-state index in [0.717, 1.165) is 107 Å². The van der Waals surface area contributed by atoms with Crippen molar-refractivity contribution >= 4 is 110 Å². The zero-order valence-electron chi connectivity index (χ0n) is 58.8. The third-order valence-electron chi connectivity index (χ3n) is 30.1. The Morgan fingerprint density at radius 1 is 0.548 bits per heavy atom. The summed E-state index contributed by atoms with van der Waals surface area (Å²) in [4.78, 5) is 27.1. The second kappa shape index (κ2) is 30.8. The average molecular weight is 1960 g/mol. The summed E-state index contributed by atoms with van der Waals surface area (Å²) in [7, 11) is 0. The van der Waals surface area contributed by atoms with E-state index in [1.165, 1.54) is 43.4 Å². The van der Waals surface area contributed by atoms with Crippen LogP contribution in [0, 0.1) is 120 Å². The first-order chi connectivity index (χ1) is 43.0. The molecule has 0 saturated heterocycles. The van der Waals surface area contributed by atoms with E-state index in [9.17, 15) is 30.0 Å². The Bertz CT molecular complexity index is 3030. The van der Waals surface area contributed by atoms with Crippen LogP contribution in [-0.2, 0) is 27.2 Å². The number of fused-ring (bicyclic) bond motifs is 14. The van der Waals surface area contributed by atoms with E-state index in [1.807, 2.05) is 19.1 Å². The molecule has 8 saturated carbocycles. The van der Waals surface area contributed by atoms with Crippen LogP contribution in [-0.4, -0.2) is 73.1 Å². The van der Waals surface area contributed by atoms with Crippen molar-refractivity contribution in [3.05, 3.63) is 76.4 Å². The van der Waals surface area contributed by atoms with E-state index < -0.39 is 16.8 Å². The second-order valence-corrected chi connectivity index (χ2v) is 50.3. The van der Waals surface area contributed by atoms with Gasteiger partial charge in [-0.05, 0) is 266 Å². The van der Waals surface area contributed by atoms with Crippen molar-refractivity contribution < 1.29 is 63.3 Å². The maximum atomic E-state index is 14.3. The maximum Gasteiger partial charge on any atom is 0.157 e. The Labute approximate surface area is 630 Å². The molecule has 12 rings (SSSR count). The molecule has 7 N–H and O–H groups in total. The fourth-order valence-corrected chi connectivity index (χ4v) is 23.7. The molecule has 528 valence electrons. The molecule has 0 bridgehead atoms. The summed E-state index contributed by atoms with van der Waals surface area (Å²) in [6.45, 7) is 36.5. The fraction of sp³-hybridized carbons (Fsp3) is 0.766. The molecule has 0 heterocycles. The van der Waals surface area contributed by atoms with Crippen LogP contribution in [0.1, 0.15) is 229 Å². The minimum Gasteiger partial charge on any atom is -0.504 e. The normalized spacial score (nSPS) is 42.0. The molecular weight excluding hydrogens is 1850 g/mol. The minimum atomic E-state index is -0.557. The first kappa shape index (κ1) is 80.8. The van der Waals surface area contributed by atoms with Crippen LogP contribution in [0.15, 0.2) is 59.7 Å². The molecule has 20 atom stereocenters. The van der Waals surface area contributed by atoms with Crippen molar-refractivity contribution in [3.8, 4) is 17.2 Å². The number of rotatable bonds is 7. The molecule has 10 aliphatic carbocycles. The van der Waals surface area contributed by atoms with Crippen LogP contribution in [0.3, 0.4) is 0 Å². The number of carboxylic acid groups (broad SMARTS) is 1. The number of aliphatic hydroxyl groups excluding tert-OH is 3. The third-order valence-corrected chi connectivity index (χ3v) is 30.1. The van der Waals surface area contributed by atoms with E-state index >= 15 is 0 Å². The Hall–Kier alpha value is 0.520. The molecule has 0 aliphatic heterocycles. The number of carbonyl (C=O) groups is 2. The van der Waals surface area contributed by atoms with Gasteiger partial charge >= 0.3 is 62.4 Å². The number of aryl methyl sites for hydroxylation is 1. The molecule has 0 radical (unpaired) electrons. The second-order valence-electron chi connectivity index (χ2n) is 34.0. The van der Waals surface area contributed by atoms with Crippen molar-refractivity contribution in [3.63, 3.8) is 0 Å². The summed E-state index contributed by atoms with van der Waals surface area (Å²) in [5.74, 6) is 4.27. The van der Waals surface area contributed by atoms with E-state index in [4.69, 9.17) is 20.1 Å². The van der Waals surface area contributed by atoms with Crippen LogP contribution in [0.5, 0.6) is 17.2 Å². The van der Waals surface area contributed by atoms with Crippen LogP contribution in [0.25, 0.3) is 0 Å². The Morgan fingerprint density at radius 2 is 0.968 bits per heavy atom. The summed E-state index contributed by atoms with van der Waals surface area (Å²) >= 11 is 9.54. The molecule has 8 fully saturated rings. The zero-order chi connectivity index (χ0) is 68.3. The standard InChI is InChI=1S/C39H58O4.C30H48O3.C8H10O3.I3.I2.HI/c1-24-13-19-39(34(42)43-22-16-27-10-9-25(2)29(40)23-27)21-20-37(7)28(33(39)26(24)3)11-12-31-36(6)17-15-32(41)35(4,5)30(36)14-18-38(31,37)8;1-18-10-15-30(25(32)33)17-16-28(6)20(24(30)19(18)2)8-9-22-27(5)13-12-23(31)26(3,4)21(27)11-14-29(22,28)7;9-4-3-6-1-2-7(10)8(11)5-6;1-3-2;1-2;/h9-11,23-24,26,30-33,40-41H,12-22H2,1-8H3;8,18-19,21-24,31H,9-17H2,1-7H3,(H,32,33);1-2,5,9-11H,3-4H2;;;1H/q;;;-1;;/t24-,26+,30+,31+,32+,33+,36+,37-,38-,39+;18-,19+,21+,22+,23+,24+,27+,28-,29-,30+;;;;/m11..../s1. The number of carbonyl (C=O) groups excluding carboxylic acids is 1. The van der Waals surface area contributed by atoms with E-state index in [0.29, 0.717) is 85.8 Å². The molecule has 10 aliphatic rings. The summed E-state index contributed by atoms with van der Waals surface area (Å²) in [6, 6.07) is 10.2. The zero-order valence-corrected chi connectivity index (χ0v) is 71.9. The molecule has 0 amide bonds. The summed E-state index contributed by atoms with van der Waals surface area (Å²) in [6.07, 6.45) is 24.7. The van der Waals surface area contributed by atoms with Gasteiger partial charge in [0.25, 0.3) is 0 Å². The van der Waals surface area contributed by atoms with Crippen LogP contribution < -0.4 is 13.3 Å². The number of esters is 1. The molecule has 16 heteroatoms. The number of phenols is 3. The van der Waals surface area contributed by atoms with Gasteiger partial charge in [-0.15, -0.1) is 24.0 Å². The van der Waals surface area contributed by atoms with E-state index in [1.54, 1.807) is 17.7 Å². The summed E-state index contributed by atoms with van der Waals surface area (Å²) in [5.41, 5.74) is 5.71. The minimum absolute atomic E-state index is 0. The first-order valence-electron chi connectivity index (χ1n) is 35.1. The van der Waals surface area contributed by atoms with Gasteiger partial charge in [-0.25, -0.2) is 0 Å². The molecule has 0 aromatic heterocycles. The SMILES string of the molecule is C[C@H]1[C@H](C)CC[C@]2(C(=O)O)CC[C@]3(C)C(=CC[C@H]4[C@@]5(C)CC[C@H](O)C(C)(C)[C@@H]5CC[C@]43C)[C@H]12.Cc1ccc(CCOC(=O)[C@]23CC[C@@H](C)[C@H](C)[C@H]2C2=CC[C@H]4[C@@]5(C)CC[C@H](O)C(C)(C)[C@@H]5CC[C@@]4(C)[C@]2(C)CC3)cc1O.I.II.I[I-]I.OCCc1ccc(O)c(O)c1. The van der Waals surface area contributed by atoms with Gasteiger partial charge in [0.05, 0.1) is 29.6 Å². The quantitative estimate of drug-likeness (QED) is 0.0609. The number of hydrogen-bond donors (Lipinski definition) is 7. The number of aliphatic hydroxyl groups is 3. The number of halogens is 6.